The van der Waals surface area contributed by atoms with E-state index in [0.29, 0.717) is 55.5 Å². The molecule has 2 heterocycles. The maximum atomic E-state index is 12.4. The molecular weight excluding hydrogens is 707 g/mol. The van der Waals surface area contributed by atoms with Gasteiger partial charge in [0, 0.05) is 23.9 Å². The Kier molecular flexibility index (Phi) is 9.61. The van der Waals surface area contributed by atoms with Gasteiger partial charge in [0.25, 0.3) is 20.2 Å². The highest BCUT2D eigenvalue weighted by Crippen LogP contribution is 2.48. The van der Waals surface area contributed by atoms with Crippen LogP contribution in [0.1, 0.15) is 5.82 Å². The second-order valence-electron chi connectivity index (χ2n) is 10.4. The Morgan fingerprint density at radius 3 is 2.41 bits per heavy atom. The average Bonchev–Trinajstić information content (AvgIpc) is 3.05. The van der Waals surface area contributed by atoms with Gasteiger partial charge in [-0.1, -0.05) is 35.4 Å². The molecule has 21 heteroatoms. The van der Waals surface area contributed by atoms with Crippen LogP contribution in [-0.2, 0) is 34.3 Å². The third-order valence-corrected chi connectivity index (χ3v) is 9.62. The van der Waals surface area contributed by atoms with Gasteiger partial charge in [-0.3, -0.25) is 9.11 Å². The molecule has 0 spiro atoms. The Balaban J connectivity index is 1.54. The van der Waals surface area contributed by atoms with Crippen molar-refractivity contribution < 1.29 is 50.4 Å². The van der Waals surface area contributed by atoms with Crippen LogP contribution in [0.3, 0.4) is 0 Å². The first-order valence-electron chi connectivity index (χ1n) is 14.0. The molecule has 18 nitrogen and oxygen atoms in total. The van der Waals surface area contributed by atoms with E-state index in [1.807, 2.05) is 4.90 Å². The fourth-order valence-electron chi connectivity index (χ4n) is 5.15. The smallest absolute Gasteiger partial charge is 0.297 e. The Morgan fingerprint density at radius 2 is 1.69 bits per heavy atom. The molecule has 0 saturated carbocycles. The second-order valence-corrected chi connectivity index (χ2v) is 13.9. The van der Waals surface area contributed by atoms with E-state index in [-0.39, 0.29) is 44.1 Å². The van der Waals surface area contributed by atoms with Crippen molar-refractivity contribution in [1.82, 2.24) is 15.0 Å². The molecule has 49 heavy (non-hydrogen) atoms. The van der Waals surface area contributed by atoms with Crippen LogP contribution in [0.25, 0.3) is 21.5 Å². The van der Waals surface area contributed by atoms with Crippen molar-refractivity contribution in [2.24, 2.45) is 10.2 Å². The predicted octanol–water partition coefficient (Wildman–Crippen LogP) is 5.11. The summed E-state index contributed by atoms with van der Waals surface area (Å²) in [6.07, 6.45) is 0. The zero-order valence-corrected chi connectivity index (χ0v) is 27.5. The lowest BCUT2D eigenvalue weighted by atomic mass is 10.1. The summed E-state index contributed by atoms with van der Waals surface area (Å²) >= 11 is 0.332. The first-order chi connectivity index (χ1) is 23.3. The minimum Gasteiger partial charge on any atom is -0.505 e. The van der Waals surface area contributed by atoms with Gasteiger partial charge in [-0.25, -0.2) is 5.26 Å². The minimum absolute atomic E-state index is 0.0154. The van der Waals surface area contributed by atoms with Crippen molar-refractivity contribution in [1.29, 1.82) is 0 Å². The fraction of sp³-hybridized carbons (Fsp3) is 0.179. The van der Waals surface area contributed by atoms with Crippen LogP contribution in [0.4, 0.5) is 29.0 Å². The number of rotatable bonds is 10. The summed E-state index contributed by atoms with van der Waals surface area (Å²) in [6, 6.07) is 12.6. The van der Waals surface area contributed by atoms with Crippen molar-refractivity contribution in [3.8, 4) is 5.75 Å². The summed E-state index contributed by atoms with van der Waals surface area (Å²) in [7, 11) is -9.63. The summed E-state index contributed by atoms with van der Waals surface area (Å²) in [6.45, 7) is 3.55. The van der Waals surface area contributed by atoms with Crippen LogP contribution < -0.4 is 10.2 Å². The fourth-order valence-corrected chi connectivity index (χ4v) is 7.03. The van der Waals surface area contributed by atoms with Gasteiger partial charge in [0.2, 0.25) is 11.9 Å². The van der Waals surface area contributed by atoms with Gasteiger partial charge >= 0.3 is 0 Å². The number of aromatic nitrogens is 3. The van der Waals surface area contributed by atoms with Crippen LogP contribution in [0, 0.1) is 6.92 Å². The van der Waals surface area contributed by atoms with Gasteiger partial charge in [0.1, 0.15) is 22.1 Å². The Hall–Kier alpha value is -4.58. The first kappa shape index (κ1) is 34.3. The number of nitrogens with zero attached hydrogens (tertiary/aromatic N) is 6. The molecule has 256 valence electrons. The molecule has 1 saturated heterocycles. The molecule has 1 fully saturated rings. The summed E-state index contributed by atoms with van der Waals surface area (Å²) in [4.78, 5) is 13.8. The maximum absolute atomic E-state index is 12.4. The molecule has 0 atom stereocenters. The molecule has 1 aliphatic heterocycles. The Morgan fingerprint density at radius 1 is 0.939 bits per heavy atom. The lowest BCUT2D eigenvalue weighted by molar-refractivity contribution is -0.432. The van der Waals surface area contributed by atoms with E-state index in [9.17, 15) is 31.0 Å². The lowest BCUT2D eigenvalue weighted by Gasteiger charge is -2.27. The third kappa shape index (κ3) is 7.39. The molecule has 0 radical (unpaired) electrons. The van der Waals surface area contributed by atoms with Crippen molar-refractivity contribution >= 4 is 82.8 Å². The number of phenolic OH excluding ortho intramolecular Hbond substituents is 1. The van der Waals surface area contributed by atoms with E-state index in [2.05, 4.69) is 39.9 Å². The molecule has 0 amide bonds. The van der Waals surface area contributed by atoms with Crippen molar-refractivity contribution in [2.45, 2.75) is 21.6 Å². The monoisotopic (exact) mass is 731 g/mol. The van der Waals surface area contributed by atoms with Crippen LogP contribution >= 0.6 is 12.0 Å². The molecule has 6 rings (SSSR count). The number of aryl methyl sites for hydroxylation is 1. The van der Waals surface area contributed by atoms with Crippen LogP contribution in [-0.4, -0.2) is 77.6 Å². The van der Waals surface area contributed by atoms with E-state index < -0.39 is 35.8 Å². The Labute approximate surface area is 282 Å². The molecule has 4 aromatic carbocycles. The lowest BCUT2D eigenvalue weighted by Crippen LogP contribution is -2.37. The van der Waals surface area contributed by atoms with Gasteiger partial charge < -0.3 is 20.1 Å². The molecule has 1 aromatic heterocycles. The number of nitrogens with one attached hydrogen (secondary N) is 1. The highest BCUT2D eigenvalue weighted by Gasteiger charge is 2.24. The van der Waals surface area contributed by atoms with Crippen LogP contribution in [0.2, 0.25) is 0 Å². The standard InChI is InChI=1S/C28H25N7O11S3/c1-15-29-27(32-28(30-15)35-8-10-44-11-9-35)31-21-14-18(48(38,39)40)12-17-13-22(47-46-45-37)24(25(36)23(17)21)34-33-20-7-6-16-4-2-3-5-19(16)26(20)49(41,42)43/h2-7,12-14,36-37H,8-11H2,1H3,(H,38,39,40)(H,41,42,43)(H,29,30,31,32). The van der Waals surface area contributed by atoms with Crippen molar-refractivity contribution in [3.63, 3.8) is 0 Å². The van der Waals surface area contributed by atoms with Crippen LogP contribution in [0.5, 0.6) is 5.75 Å². The normalized spacial score (nSPS) is 14.2. The van der Waals surface area contributed by atoms with Gasteiger partial charge in [-0.2, -0.15) is 31.8 Å². The molecule has 0 unspecified atom stereocenters. The Bertz CT molecular complexity index is 2340. The minimum atomic E-state index is -4.83. The second kappa shape index (κ2) is 13.7. The number of azo groups is 1. The number of morpholine rings is 1. The van der Waals surface area contributed by atoms with E-state index in [4.69, 9.17) is 9.99 Å². The van der Waals surface area contributed by atoms with Gasteiger partial charge in [-0.15, -0.1) is 14.6 Å². The maximum Gasteiger partial charge on any atom is 0.297 e. The number of fused-ring (bicyclic) bond motifs is 2. The molecule has 0 aliphatic carbocycles. The van der Waals surface area contributed by atoms with Crippen LogP contribution in [0.15, 0.2) is 79.5 Å². The quantitative estimate of drug-likeness (QED) is 0.0411. The third-order valence-electron chi connectivity index (χ3n) is 7.23. The first-order valence-corrected chi connectivity index (χ1v) is 17.6. The summed E-state index contributed by atoms with van der Waals surface area (Å²) in [5, 5.41) is 35.8. The summed E-state index contributed by atoms with van der Waals surface area (Å²) < 4.78 is 79.4. The predicted molar refractivity (Wildman–Crippen MR) is 175 cm³/mol. The van der Waals surface area contributed by atoms with Crippen molar-refractivity contribution in [2.75, 3.05) is 36.5 Å². The van der Waals surface area contributed by atoms with E-state index >= 15 is 0 Å². The number of hydrogen-bond acceptors (Lipinski definition) is 17. The van der Waals surface area contributed by atoms with Gasteiger partial charge in [-0.05, 0) is 42.0 Å². The summed E-state index contributed by atoms with van der Waals surface area (Å²) in [5.74, 6) is -0.0345. The van der Waals surface area contributed by atoms with E-state index in [0.717, 1.165) is 12.1 Å². The number of anilines is 3. The molecule has 0 bridgehead atoms. The number of benzene rings is 4. The topological polar surface area (TPSA) is 256 Å². The van der Waals surface area contributed by atoms with E-state index in [1.165, 1.54) is 18.2 Å². The average molecular weight is 732 g/mol. The number of aromatic hydroxyl groups is 1. The molecule has 5 aromatic rings. The van der Waals surface area contributed by atoms with Gasteiger partial charge in [0.05, 0.1) is 40.7 Å². The summed E-state index contributed by atoms with van der Waals surface area (Å²) in [5.41, 5.74) is -0.738. The molecule has 1 aliphatic rings. The zero-order chi connectivity index (χ0) is 34.9. The largest absolute Gasteiger partial charge is 0.505 e. The van der Waals surface area contributed by atoms with Crippen molar-refractivity contribution in [3.05, 3.63) is 60.4 Å². The molecular formula is C28H25N7O11S3. The number of ether oxygens (including phenoxy) is 1. The zero-order valence-electron chi connectivity index (χ0n) is 25.1. The highest BCUT2D eigenvalue weighted by atomic mass is 32.2. The number of phenols is 1. The molecule has 5 N–H and O–H groups in total. The van der Waals surface area contributed by atoms with E-state index in [1.54, 1.807) is 31.2 Å². The van der Waals surface area contributed by atoms with Gasteiger partial charge in [0.15, 0.2) is 5.75 Å². The SMILES string of the molecule is Cc1nc(Nc2cc(S(=O)(=O)O)cc3cc(SOOO)c(N=Nc4ccc5ccccc5c4S(=O)(=O)O)c(O)c23)nc(N2CCOCC2)n1. The number of hydrogen-bond donors (Lipinski definition) is 5. The highest BCUT2D eigenvalue weighted by molar-refractivity contribution is 7.94.